The maximum absolute atomic E-state index is 13.2. The summed E-state index contributed by atoms with van der Waals surface area (Å²) in [5.41, 5.74) is 1.00. The average molecular weight is 266 g/mol. The standard InChI is InChI=1S/C15H23FN2O/c1-3-7-17-10-12-6-8-18(11-12)14-5-4-13(16)9-15(14)19-2/h4-5,9,12,17H,3,6-8,10-11H2,1-2H3. The van der Waals surface area contributed by atoms with Crippen LogP contribution in [0.15, 0.2) is 18.2 Å². The molecular formula is C15H23FN2O. The molecule has 0 amide bonds. The van der Waals surface area contributed by atoms with Gasteiger partial charge in [0.1, 0.15) is 11.6 Å². The molecule has 2 rings (SSSR count). The van der Waals surface area contributed by atoms with E-state index in [1.54, 1.807) is 7.11 Å². The Balaban J connectivity index is 1.96. The van der Waals surface area contributed by atoms with Gasteiger partial charge in [-0.3, -0.25) is 0 Å². The lowest BCUT2D eigenvalue weighted by Gasteiger charge is -2.21. The predicted octanol–water partition coefficient (Wildman–Crippen LogP) is 2.66. The second-order valence-corrected chi connectivity index (χ2v) is 5.12. The maximum Gasteiger partial charge on any atom is 0.145 e. The van der Waals surface area contributed by atoms with Crippen LogP contribution in [0.3, 0.4) is 0 Å². The fourth-order valence-electron chi connectivity index (χ4n) is 2.61. The Hall–Kier alpha value is -1.29. The Morgan fingerprint density at radius 1 is 1.47 bits per heavy atom. The Morgan fingerprint density at radius 3 is 3.05 bits per heavy atom. The Bertz CT molecular complexity index is 411. The number of methoxy groups -OCH3 is 1. The molecule has 0 aliphatic carbocycles. The van der Waals surface area contributed by atoms with Crippen LogP contribution >= 0.6 is 0 Å². The molecule has 1 fully saturated rings. The topological polar surface area (TPSA) is 24.5 Å². The smallest absolute Gasteiger partial charge is 0.145 e. The molecule has 4 heteroatoms. The van der Waals surface area contributed by atoms with E-state index < -0.39 is 0 Å². The van der Waals surface area contributed by atoms with Crippen LogP contribution in [0.25, 0.3) is 0 Å². The summed E-state index contributed by atoms with van der Waals surface area (Å²) >= 11 is 0. The van der Waals surface area contributed by atoms with E-state index in [-0.39, 0.29) is 5.82 Å². The van der Waals surface area contributed by atoms with Gasteiger partial charge in [0, 0.05) is 19.2 Å². The molecule has 0 bridgehead atoms. The molecule has 0 spiro atoms. The quantitative estimate of drug-likeness (QED) is 0.801. The van der Waals surface area contributed by atoms with Crippen LogP contribution in [0, 0.1) is 11.7 Å². The van der Waals surface area contributed by atoms with E-state index in [0.29, 0.717) is 11.7 Å². The first-order valence-electron chi connectivity index (χ1n) is 7.03. The zero-order valence-electron chi connectivity index (χ0n) is 11.8. The Morgan fingerprint density at radius 2 is 2.32 bits per heavy atom. The molecule has 1 heterocycles. The van der Waals surface area contributed by atoms with Gasteiger partial charge in [0.25, 0.3) is 0 Å². The largest absolute Gasteiger partial charge is 0.494 e. The minimum absolute atomic E-state index is 0.249. The average Bonchev–Trinajstić information content (AvgIpc) is 2.87. The summed E-state index contributed by atoms with van der Waals surface area (Å²) in [6.07, 6.45) is 2.35. The number of nitrogens with zero attached hydrogens (tertiary/aromatic N) is 1. The molecular weight excluding hydrogens is 243 g/mol. The third kappa shape index (κ3) is 3.60. The lowest BCUT2D eigenvalue weighted by atomic mass is 10.1. The molecule has 1 unspecified atom stereocenters. The maximum atomic E-state index is 13.2. The van der Waals surface area contributed by atoms with Gasteiger partial charge in [-0.25, -0.2) is 4.39 Å². The van der Waals surface area contributed by atoms with Gasteiger partial charge in [0.05, 0.1) is 12.8 Å². The molecule has 1 atom stereocenters. The van der Waals surface area contributed by atoms with Crippen molar-refractivity contribution in [3.8, 4) is 5.75 Å². The molecule has 106 valence electrons. The van der Waals surface area contributed by atoms with E-state index >= 15 is 0 Å². The third-order valence-electron chi connectivity index (χ3n) is 3.63. The molecule has 1 aromatic rings. The van der Waals surface area contributed by atoms with E-state index in [1.165, 1.54) is 25.0 Å². The number of hydrogen-bond acceptors (Lipinski definition) is 3. The minimum Gasteiger partial charge on any atom is -0.494 e. The van der Waals surface area contributed by atoms with Gasteiger partial charge in [0.15, 0.2) is 0 Å². The first-order chi connectivity index (χ1) is 9.24. The van der Waals surface area contributed by atoms with E-state index in [0.717, 1.165) is 31.9 Å². The van der Waals surface area contributed by atoms with E-state index in [4.69, 9.17) is 4.74 Å². The highest BCUT2D eigenvalue weighted by Crippen LogP contribution is 2.32. The van der Waals surface area contributed by atoms with Crippen LogP contribution in [-0.2, 0) is 0 Å². The molecule has 19 heavy (non-hydrogen) atoms. The van der Waals surface area contributed by atoms with Crippen molar-refractivity contribution in [3.63, 3.8) is 0 Å². The van der Waals surface area contributed by atoms with Gasteiger partial charge < -0.3 is 15.0 Å². The number of anilines is 1. The second kappa shape index (κ2) is 6.75. The first kappa shape index (κ1) is 14.1. The van der Waals surface area contributed by atoms with Gasteiger partial charge in [0.2, 0.25) is 0 Å². The van der Waals surface area contributed by atoms with Crippen LogP contribution in [-0.4, -0.2) is 33.3 Å². The van der Waals surface area contributed by atoms with Crippen molar-refractivity contribution >= 4 is 5.69 Å². The molecule has 1 saturated heterocycles. The van der Waals surface area contributed by atoms with E-state index in [2.05, 4.69) is 17.1 Å². The highest BCUT2D eigenvalue weighted by Gasteiger charge is 2.24. The number of hydrogen-bond donors (Lipinski definition) is 1. The number of nitrogens with one attached hydrogen (secondary N) is 1. The predicted molar refractivity (Wildman–Crippen MR) is 76.4 cm³/mol. The third-order valence-corrected chi connectivity index (χ3v) is 3.63. The van der Waals surface area contributed by atoms with Crippen LogP contribution in [0.4, 0.5) is 10.1 Å². The van der Waals surface area contributed by atoms with Crippen LogP contribution in [0.1, 0.15) is 19.8 Å². The van der Waals surface area contributed by atoms with Crippen molar-refractivity contribution in [2.75, 3.05) is 38.2 Å². The van der Waals surface area contributed by atoms with Crippen LogP contribution in [0.2, 0.25) is 0 Å². The highest BCUT2D eigenvalue weighted by molar-refractivity contribution is 5.59. The lowest BCUT2D eigenvalue weighted by molar-refractivity contribution is 0.411. The summed E-state index contributed by atoms with van der Waals surface area (Å²) in [7, 11) is 1.59. The number of rotatable bonds is 6. The summed E-state index contributed by atoms with van der Waals surface area (Å²) in [5.74, 6) is 1.05. The number of benzene rings is 1. The molecule has 1 aliphatic heterocycles. The summed E-state index contributed by atoms with van der Waals surface area (Å²) in [6.45, 7) is 6.35. The molecule has 1 aromatic carbocycles. The van der Waals surface area contributed by atoms with Crippen molar-refractivity contribution in [2.24, 2.45) is 5.92 Å². The van der Waals surface area contributed by atoms with Crippen LogP contribution < -0.4 is 15.0 Å². The normalized spacial score (nSPS) is 18.9. The second-order valence-electron chi connectivity index (χ2n) is 5.12. The summed E-state index contributed by atoms with van der Waals surface area (Å²) in [5, 5.41) is 3.47. The molecule has 1 aliphatic rings. The van der Waals surface area contributed by atoms with Crippen molar-refractivity contribution in [3.05, 3.63) is 24.0 Å². The monoisotopic (exact) mass is 266 g/mol. The van der Waals surface area contributed by atoms with E-state index in [9.17, 15) is 4.39 Å². The van der Waals surface area contributed by atoms with Crippen molar-refractivity contribution in [1.82, 2.24) is 5.32 Å². The van der Waals surface area contributed by atoms with Crippen molar-refractivity contribution in [1.29, 1.82) is 0 Å². The summed E-state index contributed by atoms with van der Waals surface area (Å²) < 4.78 is 18.5. The Labute approximate surface area is 114 Å². The molecule has 0 saturated carbocycles. The van der Waals surface area contributed by atoms with Gasteiger partial charge in [-0.05, 0) is 44.0 Å². The minimum atomic E-state index is -0.249. The summed E-state index contributed by atoms with van der Waals surface area (Å²) in [4.78, 5) is 2.29. The van der Waals surface area contributed by atoms with Gasteiger partial charge in [-0.1, -0.05) is 6.92 Å². The fourth-order valence-corrected chi connectivity index (χ4v) is 2.61. The number of halogens is 1. The molecule has 3 nitrogen and oxygen atoms in total. The molecule has 1 N–H and O–H groups in total. The van der Waals surface area contributed by atoms with Gasteiger partial charge in [-0.15, -0.1) is 0 Å². The summed E-state index contributed by atoms with van der Waals surface area (Å²) in [6, 6.07) is 4.77. The molecule has 0 aromatic heterocycles. The lowest BCUT2D eigenvalue weighted by Crippen LogP contribution is -2.27. The zero-order valence-corrected chi connectivity index (χ0v) is 11.8. The SMILES string of the molecule is CCCNCC1CCN(c2ccc(F)cc2OC)C1. The van der Waals surface area contributed by atoms with Crippen LogP contribution in [0.5, 0.6) is 5.75 Å². The first-order valence-corrected chi connectivity index (χ1v) is 7.03. The Kier molecular flexibility index (Phi) is 5.02. The van der Waals surface area contributed by atoms with Crippen molar-refractivity contribution in [2.45, 2.75) is 19.8 Å². The number of ether oxygens (including phenoxy) is 1. The van der Waals surface area contributed by atoms with E-state index in [1.807, 2.05) is 6.07 Å². The molecule has 0 radical (unpaired) electrons. The fraction of sp³-hybridized carbons (Fsp3) is 0.600. The van der Waals surface area contributed by atoms with Gasteiger partial charge in [-0.2, -0.15) is 0 Å². The zero-order chi connectivity index (χ0) is 13.7. The van der Waals surface area contributed by atoms with Crippen molar-refractivity contribution < 1.29 is 9.13 Å². The highest BCUT2D eigenvalue weighted by atomic mass is 19.1. The van der Waals surface area contributed by atoms with Gasteiger partial charge >= 0.3 is 0 Å².